The summed E-state index contributed by atoms with van der Waals surface area (Å²) >= 11 is 0. The smallest absolute Gasteiger partial charge is 0.253 e. The van der Waals surface area contributed by atoms with E-state index in [9.17, 15) is 9.90 Å². The first-order chi connectivity index (χ1) is 9.55. The van der Waals surface area contributed by atoms with Gasteiger partial charge in [-0.2, -0.15) is 0 Å². The van der Waals surface area contributed by atoms with Crippen molar-refractivity contribution >= 4 is 5.91 Å². The van der Waals surface area contributed by atoms with Crippen LogP contribution in [0.4, 0.5) is 0 Å². The van der Waals surface area contributed by atoms with Gasteiger partial charge in [0, 0.05) is 18.7 Å². The first-order valence-corrected chi connectivity index (χ1v) is 6.96. The van der Waals surface area contributed by atoms with Gasteiger partial charge in [0.1, 0.15) is 0 Å². The van der Waals surface area contributed by atoms with E-state index in [0.717, 1.165) is 12.8 Å². The lowest BCUT2D eigenvalue weighted by atomic mass is 9.98. The molecule has 1 atom stereocenters. The van der Waals surface area contributed by atoms with Gasteiger partial charge in [-0.3, -0.25) is 4.79 Å². The third-order valence-electron chi connectivity index (χ3n) is 3.97. The van der Waals surface area contributed by atoms with Crippen molar-refractivity contribution in [3.63, 3.8) is 0 Å². The Labute approximate surface area is 118 Å². The molecular weight excluding hydrogens is 258 g/mol. The molecule has 20 heavy (non-hydrogen) atoms. The maximum absolute atomic E-state index is 12.5. The van der Waals surface area contributed by atoms with Crippen LogP contribution in [0.2, 0.25) is 0 Å². The molecule has 108 valence electrons. The van der Waals surface area contributed by atoms with E-state index in [0.29, 0.717) is 36.6 Å². The van der Waals surface area contributed by atoms with E-state index in [1.165, 1.54) is 0 Å². The molecule has 3 rings (SSSR count). The molecule has 0 aromatic heterocycles. The van der Waals surface area contributed by atoms with Gasteiger partial charge in [0.25, 0.3) is 5.91 Å². The third-order valence-corrected chi connectivity index (χ3v) is 3.97. The molecule has 0 spiro atoms. The van der Waals surface area contributed by atoms with Crippen LogP contribution in [0.5, 0.6) is 11.5 Å². The molecule has 2 aliphatic rings. The van der Waals surface area contributed by atoms with Gasteiger partial charge >= 0.3 is 0 Å². The van der Waals surface area contributed by atoms with Crippen LogP contribution >= 0.6 is 0 Å². The highest BCUT2D eigenvalue weighted by Gasteiger charge is 2.28. The maximum Gasteiger partial charge on any atom is 0.253 e. The molecule has 0 radical (unpaired) electrons. The van der Waals surface area contributed by atoms with E-state index in [4.69, 9.17) is 9.47 Å². The SMILES string of the molecule is CC1(O)CCCN(C(=O)c2ccc3c(c2)OCO3)CC1. The summed E-state index contributed by atoms with van der Waals surface area (Å²) in [5.74, 6) is 1.29. The van der Waals surface area contributed by atoms with Crippen molar-refractivity contribution in [2.45, 2.75) is 31.8 Å². The van der Waals surface area contributed by atoms with Crippen molar-refractivity contribution in [3.05, 3.63) is 23.8 Å². The van der Waals surface area contributed by atoms with Crippen molar-refractivity contribution in [2.75, 3.05) is 19.9 Å². The minimum Gasteiger partial charge on any atom is -0.454 e. The highest BCUT2D eigenvalue weighted by atomic mass is 16.7. The molecule has 1 saturated heterocycles. The minimum absolute atomic E-state index is 0.0130. The molecule has 1 amide bonds. The highest BCUT2D eigenvalue weighted by molar-refractivity contribution is 5.95. The number of hydrogen-bond donors (Lipinski definition) is 1. The second kappa shape index (κ2) is 4.98. The Bertz CT molecular complexity index is 527. The largest absolute Gasteiger partial charge is 0.454 e. The first kappa shape index (κ1) is 13.2. The van der Waals surface area contributed by atoms with Crippen LogP contribution in [0.1, 0.15) is 36.5 Å². The predicted molar refractivity (Wildman–Crippen MR) is 72.9 cm³/mol. The zero-order valence-corrected chi connectivity index (χ0v) is 11.6. The molecule has 0 bridgehead atoms. The van der Waals surface area contributed by atoms with Crippen molar-refractivity contribution in [1.82, 2.24) is 4.90 Å². The Morgan fingerprint density at radius 1 is 1.25 bits per heavy atom. The van der Waals surface area contributed by atoms with Gasteiger partial charge in [0.2, 0.25) is 6.79 Å². The van der Waals surface area contributed by atoms with E-state index in [-0.39, 0.29) is 12.7 Å². The van der Waals surface area contributed by atoms with Crippen molar-refractivity contribution in [2.24, 2.45) is 0 Å². The van der Waals surface area contributed by atoms with Gasteiger partial charge < -0.3 is 19.5 Å². The number of rotatable bonds is 1. The van der Waals surface area contributed by atoms with E-state index in [1.807, 2.05) is 6.92 Å². The molecule has 2 aliphatic heterocycles. The molecule has 1 aromatic rings. The number of aliphatic hydroxyl groups is 1. The number of carbonyl (C=O) groups excluding carboxylic acids is 1. The van der Waals surface area contributed by atoms with Gasteiger partial charge in [0.15, 0.2) is 11.5 Å². The molecule has 1 unspecified atom stereocenters. The van der Waals surface area contributed by atoms with Crippen LogP contribution in [-0.4, -0.2) is 41.4 Å². The monoisotopic (exact) mass is 277 g/mol. The fraction of sp³-hybridized carbons (Fsp3) is 0.533. The van der Waals surface area contributed by atoms with Crippen LogP contribution in [0.3, 0.4) is 0 Å². The number of hydrogen-bond acceptors (Lipinski definition) is 4. The van der Waals surface area contributed by atoms with E-state index in [1.54, 1.807) is 23.1 Å². The number of carbonyl (C=O) groups is 1. The summed E-state index contributed by atoms with van der Waals surface area (Å²) in [5, 5.41) is 10.1. The summed E-state index contributed by atoms with van der Waals surface area (Å²) in [6.45, 7) is 3.31. The van der Waals surface area contributed by atoms with Crippen molar-refractivity contribution in [1.29, 1.82) is 0 Å². The highest BCUT2D eigenvalue weighted by Crippen LogP contribution is 2.33. The molecule has 5 nitrogen and oxygen atoms in total. The molecule has 0 saturated carbocycles. The Morgan fingerprint density at radius 3 is 2.90 bits per heavy atom. The van der Waals surface area contributed by atoms with Gasteiger partial charge in [-0.1, -0.05) is 0 Å². The molecule has 1 fully saturated rings. The fourth-order valence-electron chi connectivity index (χ4n) is 2.68. The summed E-state index contributed by atoms with van der Waals surface area (Å²) < 4.78 is 10.5. The predicted octanol–water partition coefficient (Wildman–Crippen LogP) is 1.79. The summed E-state index contributed by atoms with van der Waals surface area (Å²) in [5.41, 5.74) is -0.0556. The van der Waals surface area contributed by atoms with Crippen LogP contribution in [-0.2, 0) is 0 Å². The van der Waals surface area contributed by atoms with Gasteiger partial charge in [-0.15, -0.1) is 0 Å². The van der Waals surface area contributed by atoms with E-state index < -0.39 is 5.60 Å². The van der Waals surface area contributed by atoms with Crippen LogP contribution < -0.4 is 9.47 Å². The average Bonchev–Trinajstić information content (AvgIpc) is 2.81. The lowest BCUT2D eigenvalue weighted by molar-refractivity contribution is 0.0438. The average molecular weight is 277 g/mol. The third kappa shape index (κ3) is 2.58. The zero-order chi connectivity index (χ0) is 14.2. The minimum atomic E-state index is -0.663. The van der Waals surface area contributed by atoms with Gasteiger partial charge in [-0.25, -0.2) is 0 Å². The molecule has 1 N–H and O–H groups in total. The summed E-state index contributed by atoms with van der Waals surface area (Å²) in [4.78, 5) is 14.3. The van der Waals surface area contributed by atoms with Crippen LogP contribution in [0, 0.1) is 0 Å². The van der Waals surface area contributed by atoms with E-state index >= 15 is 0 Å². The Kier molecular flexibility index (Phi) is 3.30. The Balaban J connectivity index is 1.75. The zero-order valence-electron chi connectivity index (χ0n) is 11.6. The summed E-state index contributed by atoms with van der Waals surface area (Å²) in [7, 11) is 0. The Hall–Kier alpha value is -1.75. The molecular formula is C15H19NO4. The molecule has 1 aromatic carbocycles. The number of likely N-dealkylation sites (tertiary alicyclic amines) is 1. The van der Waals surface area contributed by atoms with Crippen molar-refractivity contribution in [3.8, 4) is 11.5 Å². The normalized spacial score (nSPS) is 25.4. The first-order valence-electron chi connectivity index (χ1n) is 6.96. The quantitative estimate of drug-likeness (QED) is 0.850. The fourth-order valence-corrected chi connectivity index (χ4v) is 2.68. The lowest BCUT2D eigenvalue weighted by Crippen LogP contribution is -2.33. The number of ether oxygens (including phenoxy) is 2. The molecule has 2 heterocycles. The standard InChI is InChI=1S/C15H19NO4/c1-15(18)5-2-7-16(8-6-15)14(17)11-3-4-12-13(9-11)20-10-19-12/h3-4,9,18H,2,5-8,10H2,1H3. The number of amides is 1. The summed E-state index contributed by atoms with van der Waals surface area (Å²) in [6, 6.07) is 5.26. The maximum atomic E-state index is 12.5. The van der Waals surface area contributed by atoms with Crippen LogP contribution in [0.15, 0.2) is 18.2 Å². The van der Waals surface area contributed by atoms with E-state index in [2.05, 4.69) is 0 Å². The van der Waals surface area contributed by atoms with Crippen LogP contribution in [0.25, 0.3) is 0 Å². The summed E-state index contributed by atoms with van der Waals surface area (Å²) in [6.07, 6.45) is 2.17. The topological polar surface area (TPSA) is 59.0 Å². The second-order valence-corrected chi connectivity index (χ2v) is 5.71. The molecule has 0 aliphatic carbocycles. The number of fused-ring (bicyclic) bond motifs is 1. The molecule has 5 heteroatoms. The van der Waals surface area contributed by atoms with Gasteiger partial charge in [0.05, 0.1) is 5.60 Å². The second-order valence-electron chi connectivity index (χ2n) is 5.71. The van der Waals surface area contributed by atoms with Crippen molar-refractivity contribution < 1.29 is 19.4 Å². The lowest BCUT2D eigenvalue weighted by Gasteiger charge is -2.22. The number of nitrogens with zero attached hydrogens (tertiary/aromatic N) is 1. The van der Waals surface area contributed by atoms with Gasteiger partial charge in [-0.05, 0) is 44.4 Å². The Morgan fingerprint density at radius 2 is 2.05 bits per heavy atom. The number of benzene rings is 1.